The first-order chi connectivity index (χ1) is 13.9. The predicted octanol–water partition coefficient (Wildman–Crippen LogP) is 3.54. The van der Waals surface area contributed by atoms with Crippen molar-refractivity contribution in [2.75, 3.05) is 18.5 Å². The summed E-state index contributed by atoms with van der Waals surface area (Å²) in [5, 5.41) is 7.40. The van der Waals surface area contributed by atoms with Crippen LogP contribution < -0.4 is 15.5 Å². The zero-order valence-electron chi connectivity index (χ0n) is 15.9. The summed E-state index contributed by atoms with van der Waals surface area (Å²) >= 11 is 0.950. The third-order valence-electron chi connectivity index (χ3n) is 4.50. The maximum atomic E-state index is 12.6. The van der Waals surface area contributed by atoms with Crippen LogP contribution in [0.15, 0.2) is 34.6 Å². The Labute approximate surface area is 170 Å². The first kappa shape index (κ1) is 21.1. The number of nitrogens with zero attached hydrogens (tertiary/aromatic N) is 3. The molecule has 0 atom stereocenters. The molecule has 2 heterocycles. The van der Waals surface area contributed by atoms with E-state index >= 15 is 0 Å². The van der Waals surface area contributed by atoms with Crippen LogP contribution >= 0.6 is 11.3 Å². The van der Waals surface area contributed by atoms with Gasteiger partial charge in [0.05, 0.1) is 6.54 Å². The molecule has 1 saturated heterocycles. The molecule has 6 nitrogen and oxygen atoms in total. The van der Waals surface area contributed by atoms with Crippen LogP contribution in [0, 0.1) is 0 Å². The van der Waals surface area contributed by atoms with E-state index in [2.05, 4.69) is 20.6 Å². The summed E-state index contributed by atoms with van der Waals surface area (Å²) in [5.74, 6) is 0.617. The second-order valence-corrected chi connectivity index (χ2v) is 7.52. The number of carbonyl (C=O) groups is 1. The third-order valence-corrected chi connectivity index (χ3v) is 5.35. The second-order valence-electron chi connectivity index (χ2n) is 6.57. The fourth-order valence-electron chi connectivity index (χ4n) is 2.96. The van der Waals surface area contributed by atoms with Crippen LogP contribution in [-0.2, 0) is 24.1 Å². The number of halogens is 3. The molecule has 0 spiro atoms. The number of hydrogen-bond acceptors (Lipinski definition) is 4. The number of guanidine groups is 1. The number of thiazole rings is 1. The largest absolute Gasteiger partial charge is 0.434 e. The number of nitrogens with one attached hydrogen (secondary N) is 2. The van der Waals surface area contributed by atoms with Crippen molar-refractivity contribution in [1.82, 2.24) is 15.6 Å². The second kappa shape index (κ2) is 9.25. The van der Waals surface area contributed by atoms with E-state index in [1.54, 1.807) is 7.05 Å². The molecule has 1 aromatic heterocycles. The highest BCUT2D eigenvalue weighted by Crippen LogP contribution is 2.29. The first-order valence-electron chi connectivity index (χ1n) is 9.22. The Balaban J connectivity index is 1.50. The van der Waals surface area contributed by atoms with Gasteiger partial charge in [0.25, 0.3) is 0 Å². The molecular weight excluding hydrogens is 403 g/mol. The maximum Gasteiger partial charge on any atom is 0.434 e. The molecular formula is C19H22F3N5OS. The Morgan fingerprint density at radius 3 is 2.55 bits per heavy atom. The van der Waals surface area contributed by atoms with Crippen LogP contribution in [0.5, 0.6) is 0 Å². The van der Waals surface area contributed by atoms with Crippen molar-refractivity contribution in [3.05, 3.63) is 45.9 Å². The van der Waals surface area contributed by atoms with Crippen molar-refractivity contribution in [2.45, 2.75) is 38.5 Å². The minimum atomic E-state index is -4.43. The lowest BCUT2D eigenvalue weighted by atomic mass is 10.1. The number of benzene rings is 1. The van der Waals surface area contributed by atoms with Crippen molar-refractivity contribution in [3.63, 3.8) is 0 Å². The van der Waals surface area contributed by atoms with Gasteiger partial charge in [0.2, 0.25) is 5.91 Å². The number of aliphatic imine (C=N–C) groups is 1. The number of aromatic nitrogens is 1. The van der Waals surface area contributed by atoms with Crippen LogP contribution in [0.3, 0.4) is 0 Å². The topological polar surface area (TPSA) is 69.6 Å². The molecule has 1 aliphatic heterocycles. The van der Waals surface area contributed by atoms with Gasteiger partial charge in [-0.2, -0.15) is 13.2 Å². The molecule has 0 unspecified atom stereocenters. The maximum absolute atomic E-state index is 12.6. The van der Waals surface area contributed by atoms with E-state index in [1.165, 1.54) is 0 Å². The van der Waals surface area contributed by atoms with Crippen LogP contribution in [0.2, 0.25) is 0 Å². The molecule has 2 aromatic rings. The molecule has 0 saturated carbocycles. The molecule has 2 N–H and O–H groups in total. The van der Waals surface area contributed by atoms with E-state index in [-0.39, 0.29) is 12.5 Å². The summed E-state index contributed by atoms with van der Waals surface area (Å²) in [6, 6.07) is 7.72. The molecule has 156 valence electrons. The van der Waals surface area contributed by atoms with E-state index in [4.69, 9.17) is 0 Å². The zero-order chi connectivity index (χ0) is 20.9. The number of carbonyl (C=O) groups excluding carboxylic acids is 1. The first-order valence-corrected chi connectivity index (χ1v) is 10.1. The molecule has 0 radical (unpaired) electrons. The molecule has 1 aliphatic rings. The molecule has 3 rings (SSSR count). The van der Waals surface area contributed by atoms with Gasteiger partial charge in [-0.3, -0.25) is 9.79 Å². The van der Waals surface area contributed by atoms with E-state index in [9.17, 15) is 18.0 Å². The number of amides is 1. The van der Waals surface area contributed by atoms with Crippen LogP contribution in [-0.4, -0.2) is 30.4 Å². The average Bonchev–Trinajstić information content (AvgIpc) is 3.19. The van der Waals surface area contributed by atoms with Gasteiger partial charge in [-0.05, 0) is 30.5 Å². The Kier molecular flexibility index (Phi) is 6.73. The summed E-state index contributed by atoms with van der Waals surface area (Å²) in [4.78, 5) is 21.5. The van der Waals surface area contributed by atoms with Crippen LogP contribution in [0.25, 0.3) is 0 Å². The van der Waals surface area contributed by atoms with Crippen molar-refractivity contribution in [1.29, 1.82) is 0 Å². The van der Waals surface area contributed by atoms with Gasteiger partial charge in [-0.1, -0.05) is 12.1 Å². The SMILES string of the molecule is CN=C(NCc1ccc(N2CCCCC2=O)cc1)NCc1nc(C(F)(F)F)cs1. The predicted molar refractivity (Wildman–Crippen MR) is 107 cm³/mol. The number of rotatable bonds is 5. The highest BCUT2D eigenvalue weighted by Gasteiger charge is 2.33. The van der Waals surface area contributed by atoms with Gasteiger partial charge < -0.3 is 15.5 Å². The highest BCUT2D eigenvalue weighted by atomic mass is 32.1. The van der Waals surface area contributed by atoms with Gasteiger partial charge in [0.1, 0.15) is 5.01 Å². The van der Waals surface area contributed by atoms with Crippen molar-refractivity contribution < 1.29 is 18.0 Å². The zero-order valence-corrected chi connectivity index (χ0v) is 16.7. The Bertz CT molecular complexity index is 863. The molecule has 10 heteroatoms. The normalized spacial score (nSPS) is 15.5. The summed E-state index contributed by atoms with van der Waals surface area (Å²) in [6.07, 6.45) is -1.88. The van der Waals surface area contributed by atoms with Crippen LogP contribution in [0.4, 0.5) is 18.9 Å². The lowest BCUT2D eigenvalue weighted by molar-refractivity contribution is -0.140. The van der Waals surface area contributed by atoms with E-state index in [0.29, 0.717) is 23.9 Å². The molecule has 1 fully saturated rings. The third kappa shape index (κ3) is 5.69. The summed E-state index contributed by atoms with van der Waals surface area (Å²) in [7, 11) is 1.59. The fraction of sp³-hybridized carbons (Fsp3) is 0.421. The minimum absolute atomic E-state index is 0.149. The van der Waals surface area contributed by atoms with Gasteiger partial charge >= 0.3 is 6.18 Å². The van der Waals surface area contributed by atoms with Crippen molar-refractivity contribution in [2.24, 2.45) is 4.99 Å². The molecule has 29 heavy (non-hydrogen) atoms. The lowest BCUT2D eigenvalue weighted by Gasteiger charge is -2.26. The van der Waals surface area contributed by atoms with E-state index in [1.807, 2.05) is 29.2 Å². The lowest BCUT2D eigenvalue weighted by Crippen LogP contribution is -2.36. The van der Waals surface area contributed by atoms with Gasteiger partial charge in [0.15, 0.2) is 11.7 Å². The number of alkyl halides is 3. The average molecular weight is 425 g/mol. The van der Waals surface area contributed by atoms with Gasteiger partial charge in [0, 0.05) is 37.6 Å². The number of anilines is 1. The monoisotopic (exact) mass is 425 g/mol. The Morgan fingerprint density at radius 1 is 1.21 bits per heavy atom. The minimum Gasteiger partial charge on any atom is -0.352 e. The van der Waals surface area contributed by atoms with E-state index < -0.39 is 11.9 Å². The molecule has 0 bridgehead atoms. The smallest absolute Gasteiger partial charge is 0.352 e. The highest BCUT2D eigenvalue weighted by molar-refractivity contribution is 7.09. The Hall–Kier alpha value is -2.62. The summed E-state index contributed by atoms with van der Waals surface area (Å²) in [5.41, 5.74) is 1.01. The molecule has 1 aromatic carbocycles. The quantitative estimate of drug-likeness (QED) is 0.568. The summed E-state index contributed by atoms with van der Waals surface area (Å²) < 4.78 is 37.8. The Morgan fingerprint density at radius 2 is 1.93 bits per heavy atom. The van der Waals surface area contributed by atoms with E-state index in [0.717, 1.165) is 47.4 Å². The standard InChI is InChI=1S/C19H22F3N5OS/c1-23-18(25-11-16-26-15(12-29-16)19(20,21)22)24-10-13-5-7-14(8-6-13)27-9-3-2-4-17(27)28/h5-8,12H,2-4,9-11H2,1H3,(H2,23,24,25). The summed E-state index contributed by atoms with van der Waals surface area (Å²) in [6.45, 7) is 1.38. The number of hydrogen-bond donors (Lipinski definition) is 2. The fourth-order valence-corrected chi connectivity index (χ4v) is 3.70. The van der Waals surface area contributed by atoms with Gasteiger partial charge in [-0.15, -0.1) is 11.3 Å². The van der Waals surface area contributed by atoms with Crippen molar-refractivity contribution in [3.8, 4) is 0 Å². The van der Waals surface area contributed by atoms with Crippen molar-refractivity contribution >= 4 is 28.9 Å². The number of piperidine rings is 1. The van der Waals surface area contributed by atoms with Crippen LogP contribution in [0.1, 0.15) is 35.5 Å². The molecule has 1 amide bonds. The molecule has 0 aliphatic carbocycles. The van der Waals surface area contributed by atoms with Gasteiger partial charge in [-0.25, -0.2) is 4.98 Å².